The maximum Gasteiger partial charge on any atom is 0.134 e. The number of hydrogen-bond acceptors (Lipinski definition) is 3. The molecular formula is C16H21BrN2O. The van der Waals surface area contributed by atoms with Gasteiger partial charge in [-0.15, -0.1) is 0 Å². The summed E-state index contributed by atoms with van der Waals surface area (Å²) in [6.07, 6.45) is 3.75. The highest BCUT2D eigenvalue weighted by atomic mass is 79.9. The van der Waals surface area contributed by atoms with Crippen molar-refractivity contribution in [3.63, 3.8) is 0 Å². The highest BCUT2D eigenvalue weighted by Gasteiger charge is 2.28. The molecule has 0 bridgehead atoms. The highest BCUT2D eigenvalue weighted by molar-refractivity contribution is 9.10. The zero-order valence-electron chi connectivity index (χ0n) is 11.8. The van der Waals surface area contributed by atoms with E-state index in [0.717, 1.165) is 34.3 Å². The van der Waals surface area contributed by atoms with E-state index in [1.54, 1.807) is 0 Å². The van der Waals surface area contributed by atoms with E-state index >= 15 is 0 Å². The van der Waals surface area contributed by atoms with Crippen molar-refractivity contribution in [2.75, 3.05) is 13.1 Å². The minimum atomic E-state index is 0.287. The summed E-state index contributed by atoms with van der Waals surface area (Å²) in [5, 5.41) is 1.16. The number of hydrogen-bond donors (Lipinski definition) is 1. The molecule has 1 aromatic carbocycles. The topological polar surface area (TPSA) is 42.4 Å². The Morgan fingerprint density at radius 3 is 3.05 bits per heavy atom. The minimum absolute atomic E-state index is 0.287. The predicted octanol–water partition coefficient (Wildman–Crippen LogP) is 4.07. The lowest BCUT2D eigenvalue weighted by Crippen LogP contribution is -2.45. The van der Waals surface area contributed by atoms with Crippen LogP contribution in [0.2, 0.25) is 0 Å². The lowest BCUT2D eigenvalue weighted by atomic mass is 9.99. The number of nitrogens with two attached hydrogens (primary N) is 1. The summed E-state index contributed by atoms with van der Waals surface area (Å²) < 4.78 is 7.11. The monoisotopic (exact) mass is 336 g/mol. The van der Waals surface area contributed by atoms with Crippen LogP contribution in [0.4, 0.5) is 0 Å². The molecule has 0 aliphatic carbocycles. The lowest BCUT2D eigenvalue weighted by molar-refractivity contribution is 0.0967. The normalized spacial score (nSPS) is 22.2. The minimum Gasteiger partial charge on any atom is -0.459 e. The Hall–Kier alpha value is -0.840. The molecule has 20 heavy (non-hydrogen) atoms. The molecule has 4 heteroatoms. The maximum absolute atomic E-state index is 6.03. The van der Waals surface area contributed by atoms with Crippen LogP contribution >= 0.6 is 15.9 Å². The van der Waals surface area contributed by atoms with E-state index in [0.29, 0.717) is 6.04 Å². The molecule has 2 heterocycles. The van der Waals surface area contributed by atoms with Gasteiger partial charge in [-0.05, 0) is 50.6 Å². The average molecular weight is 337 g/mol. The van der Waals surface area contributed by atoms with Crippen molar-refractivity contribution in [2.45, 2.75) is 38.3 Å². The van der Waals surface area contributed by atoms with Crippen LogP contribution in [0, 0.1) is 0 Å². The molecule has 2 unspecified atom stereocenters. The van der Waals surface area contributed by atoms with Crippen molar-refractivity contribution >= 4 is 26.9 Å². The first kappa shape index (κ1) is 14.1. The SMILES string of the molecule is CC(c1cc2cc(Br)ccc2o1)N1CCCCC1CN. The Morgan fingerprint density at radius 1 is 1.40 bits per heavy atom. The third-order valence-electron chi connectivity index (χ3n) is 4.35. The van der Waals surface area contributed by atoms with Crippen molar-refractivity contribution in [2.24, 2.45) is 5.73 Å². The summed E-state index contributed by atoms with van der Waals surface area (Å²) in [7, 11) is 0. The van der Waals surface area contributed by atoms with Gasteiger partial charge in [-0.3, -0.25) is 4.90 Å². The quantitative estimate of drug-likeness (QED) is 0.918. The van der Waals surface area contributed by atoms with E-state index in [4.69, 9.17) is 10.2 Å². The molecule has 0 saturated carbocycles. The second-order valence-corrected chi connectivity index (χ2v) is 6.55. The van der Waals surface area contributed by atoms with Crippen molar-refractivity contribution in [3.05, 3.63) is 34.5 Å². The third kappa shape index (κ3) is 2.65. The fourth-order valence-corrected chi connectivity index (χ4v) is 3.57. The van der Waals surface area contributed by atoms with Crippen molar-refractivity contribution < 1.29 is 4.42 Å². The van der Waals surface area contributed by atoms with Crippen LogP contribution in [-0.2, 0) is 0 Å². The second kappa shape index (κ2) is 5.88. The summed E-state index contributed by atoms with van der Waals surface area (Å²) in [6.45, 7) is 4.07. The Kier molecular flexibility index (Phi) is 4.15. The summed E-state index contributed by atoms with van der Waals surface area (Å²) in [5.41, 5.74) is 6.88. The summed E-state index contributed by atoms with van der Waals surface area (Å²) in [4.78, 5) is 2.50. The van der Waals surface area contributed by atoms with E-state index in [1.807, 2.05) is 12.1 Å². The van der Waals surface area contributed by atoms with Gasteiger partial charge in [0, 0.05) is 22.4 Å². The molecular weight excluding hydrogens is 316 g/mol. The molecule has 2 atom stereocenters. The Bertz CT molecular complexity index is 595. The van der Waals surface area contributed by atoms with Crippen molar-refractivity contribution in [3.8, 4) is 0 Å². The molecule has 1 aliphatic rings. The molecule has 0 amide bonds. The van der Waals surface area contributed by atoms with Gasteiger partial charge in [-0.25, -0.2) is 0 Å². The Morgan fingerprint density at radius 2 is 2.25 bits per heavy atom. The molecule has 3 rings (SSSR count). The zero-order valence-corrected chi connectivity index (χ0v) is 13.4. The van der Waals surface area contributed by atoms with E-state index < -0.39 is 0 Å². The van der Waals surface area contributed by atoms with Gasteiger partial charge < -0.3 is 10.2 Å². The van der Waals surface area contributed by atoms with Crippen LogP contribution in [0.1, 0.15) is 38.0 Å². The van der Waals surface area contributed by atoms with Crippen molar-refractivity contribution in [1.29, 1.82) is 0 Å². The number of fused-ring (bicyclic) bond motifs is 1. The highest BCUT2D eigenvalue weighted by Crippen LogP contribution is 2.32. The molecule has 1 aliphatic heterocycles. The lowest BCUT2D eigenvalue weighted by Gasteiger charge is -2.38. The van der Waals surface area contributed by atoms with Gasteiger partial charge in [-0.2, -0.15) is 0 Å². The zero-order chi connectivity index (χ0) is 14.1. The number of halogens is 1. The van der Waals surface area contributed by atoms with E-state index in [9.17, 15) is 0 Å². The molecule has 1 fully saturated rings. The molecule has 1 aromatic heterocycles. The summed E-state index contributed by atoms with van der Waals surface area (Å²) >= 11 is 3.51. The summed E-state index contributed by atoms with van der Waals surface area (Å²) in [5.74, 6) is 1.04. The Balaban J connectivity index is 1.89. The number of rotatable bonds is 3. The predicted molar refractivity (Wildman–Crippen MR) is 85.7 cm³/mol. The number of nitrogens with zero attached hydrogens (tertiary/aromatic N) is 1. The van der Waals surface area contributed by atoms with Crippen LogP contribution in [-0.4, -0.2) is 24.0 Å². The van der Waals surface area contributed by atoms with Gasteiger partial charge >= 0.3 is 0 Å². The van der Waals surface area contributed by atoms with Crippen LogP contribution in [0.3, 0.4) is 0 Å². The molecule has 0 radical (unpaired) electrons. The van der Waals surface area contributed by atoms with E-state index in [1.165, 1.54) is 19.3 Å². The standard InChI is InChI=1S/C16H21BrN2O/c1-11(19-7-3-2-4-14(19)10-18)16-9-12-8-13(17)5-6-15(12)20-16/h5-6,8-9,11,14H,2-4,7,10,18H2,1H3. The van der Waals surface area contributed by atoms with Gasteiger partial charge in [0.1, 0.15) is 11.3 Å². The number of piperidine rings is 1. The second-order valence-electron chi connectivity index (χ2n) is 5.63. The molecule has 2 N–H and O–H groups in total. The van der Waals surface area contributed by atoms with Gasteiger partial charge in [-0.1, -0.05) is 22.4 Å². The first-order valence-electron chi connectivity index (χ1n) is 7.34. The molecule has 108 valence electrons. The van der Waals surface area contributed by atoms with Gasteiger partial charge in [0.25, 0.3) is 0 Å². The van der Waals surface area contributed by atoms with E-state index in [-0.39, 0.29) is 6.04 Å². The number of benzene rings is 1. The first-order valence-corrected chi connectivity index (χ1v) is 8.13. The fourth-order valence-electron chi connectivity index (χ4n) is 3.19. The largest absolute Gasteiger partial charge is 0.459 e. The third-order valence-corrected chi connectivity index (χ3v) is 4.84. The van der Waals surface area contributed by atoms with Gasteiger partial charge in [0.2, 0.25) is 0 Å². The molecule has 2 aromatic rings. The van der Waals surface area contributed by atoms with Crippen LogP contribution < -0.4 is 5.73 Å². The first-order chi connectivity index (χ1) is 9.69. The smallest absolute Gasteiger partial charge is 0.134 e. The Labute approximate surface area is 128 Å². The van der Waals surface area contributed by atoms with Gasteiger partial charge in [0.05, 0.1) is 6.04 Å². The summed E-state index contributed by atoms with van der Waals surface area (Å²) in [6, 6.07) is 9.07. The van der Waals surface area contributed by atoms with E-state index in [2.05, 4.69) is 39.9 Å². The van der Waals surface area contributed by atoms with Crippen LogP contribution in [0.25, 0.3) is 11.0 Å². The van der Waals surface area contributed by atoms with Crippen molar-refractivity contribution in [1.82, 2.24) is 4.90 Å². The maximum atomic E-state index is 6.03. The average Bonchev–Trinajstić information content (AvgIpc) is 2.89. The molecule has 3 nitrogen and oxygen atoms in total. The number of furan rings is 1. The number of likely N-dealkylation sites (tertiary alicyclic amines) is 1. The molecule has 0 spiro atoms. The van der Waals surface area contributed by atoms with Crippen LogP contribution in [0.5, 0.6) is 0 Å². The van der Waals surface area contributed by atoms with Gasteiger partial charge in [0.15, 0.2) is 0 Å². The molecule has 1 saturated heterocycles. The fraction of sp³-hybridized carbons (Fsp3) is 0.500. The van der Waals surface area contributed by atoms with Crippen LogP contribution in [0.15, 0.2) is 33.2 Å².